The number of carbonyl (C=O) groups excluding carboxylic acids is 1. The second-order valence-electron chi connectivity index (χ2n) is 5.03. The lowest BCUT2D eigenvalue weighted by molar-refractivity contribution is 0.0930. The average molecular weight is 342 g/mol. The van der Waals surface area contributed by atoms with Gasteiger partial charge in [0.05, 0.1) is 10.7 Å². The van der Waals surface area contributed by atoms with Crippen LogP contribution >= 0.6 is 23.2 Å². The van der Waals surface area contributed by atoms with Crippen molar-refractivity contribution in [2.75, 3.05) is 18.0 Å². The van der Waals surface area contributed by atoms with Crippen LogP contribution in [-0.4, -0.2) is 40.2 Å². The number of hydrogen-bond acceptors (Lipinski definition) is 4. The number of hydrogen-bond donors (Lipinski definition) is 3. The SMILES string of the molecule is O=C(NC1CCN(c2ccc(Cl)cc2Cl)C1)c1n[nH]c(=O)[nH]1. The zero-order chi connectivity index (χ0) is 15.7. The number of anilines is 1. The fourth-order valence-electron chi connectivity index (χ4n) is 2.47. The van der Waals surface area contributed by atoms with Gasteiger partial charge < -0.3 is 10.2 Å². The molecule has 7 nitrogen and oxygen atoms in total. The molecule has 1 fully saturated rings. The molecule has 3 N–H and O–H groups in total. The summed E-state index contributed by atoms with van der Waals surface area (Å²) >= 11 is 12.1. The Morgan fingerprint density at radius 1 is 1.41 bits per heavy atom. The molecule has 1 aliphatic rings. The third-order valence-electron chi connectivity index (χ3n) is 3.49. The second kappa shape index (κ2) is 6.02. The number of nitrogens with zero attached hydrogens (tertiary/aromatic N) is 2. The molecule has 1 amide bonds. The van der Waals surface area contributed by atoms with Crippen LogP contribution in [0.3, 0.4) is 0 Å². The number of halogens is 2. The molecule has 1 unspecified atom stereocenters. The Bertz CT molecular complexity index is 757. The lowest BCUT2D eigenvalue weighted by atomic mass is 10.2. The predicted octanol–water partition coefficient (Wildman–Crippen LogP) is 1.41. The van der Waals surface area contributed by atoms with E-state index in [-0.39, 0.29) is 11.9 Å². The van der Waals surface area contributed by atoms with Crippen molar-refractivity contribution in [2.24, 2.45) is 0 Å². The number of rotatable bonds is 3. The maximum absolute atomic E-state index is 11.9. The van der Waals surface area contributed by atoms with Gasteiger partial charge in [-0.15, -0.1) is 5.10 Å². The Labute approximate surface area is 135 Å². The van der Waals surface area contributed by atoms with Gasteiger partial charge in [0.15, 0.2) is 0 Å². The highest BCUT2D eigenvalue weighted by molar-refractivity contribution is 6.36. The molecule has 0 radical (unpaired) electrons. The molecule has 1 atom stereocenters. The number of amides is 1. The number of H-pyrrole nitrogens is 2. The van der Waals surface area contributed by atoms with Gasteiger partial charge in [0.1, 0.15) is 0 Å². The van der Waals surface area contributed by atoms with Crippen LogP contribution in [0.15, 0.2) is 23.0 Å². The Balaban J connectivity index is 1.65. The molecular weight excluding hydrogens is 329 g/mol. The lowest BCUT2D eigenvalue weighted by Crippen LogP contribution is -2.37. The summed E-state index contributed by atoms with van der Waals surface area (Å²) in [7, 11) is 0. The fraction of sp³-hybridized carbons (Fsp3) is 0.308. The normalized spacial score (nSPS) is 17.7. The quantitative estimate of drug-likeness (QED) is 0.786. The maximum atomic E-state index is 11.9. The molecule has 1 saturated heterocycles. The van der Waals surface area contributed by atoms with Gasteiger partial charge in [0.2, 0.25) is 5.82 Å². The molecule has 2 heterocycles. The summed E-state index contributed by atoms with van der Waals surface area (Å²) in [6.07, 6.45) is 0.777. The van der Waals surface area contributed by atoms with Gasteiger partial charge in [0.25, 0.3) is 5.91 Å². The zero-order valence-corrected chi connectivity index (χ0v) is 12.9. The van der Waals surface area contributed by atoms with Crippen LogP contribution in [0.4, 0.5) is 5.69 Å². The van der Waals surface area contributed by atoms with Crippen molar-refractivity contribution in [3.05, 3.63) is 44.6 Å². The van der Waals surface area contributed by atoms with E-state index in [1.807, 2.05) is 6.07 Å². The van der Waals surface area contributed by atoms with Crippen LogP contribution in [0.1, 0.15) is 17.0 Å². The van der Waals surface area contributed by atoms with Gasteiger partial charge in [-0.05, 0) is 24.6 Å². The minimum atomic E-state index is -0.508. The van der Waals surface area contributed by atoms with Crippen molar-refractivity contribution in [2.45, 2.75) is 12.5 Å². The van der Waals surface area contributed by atoms with Crippen molar-refractivity contribution < 1.29 is 4.79 Å². The van der Waals surface area contributed by atoms with E-state index in [4.69, 9.17) is 23.2 Å². The smallest absolute Gasteiger partial charge is 0.341 e. The molecule has 2 aromatic rings. The molecule has 0 spiro atoms. The van der Waals surface area contributed by atoms with Crippen LogP contribution in [0.25, 0.3) is 0 Å². The van der Waals surface area contributed by atoms with E-state index in [9.17, 15) is 9.59 Å². The minimum Gasteiger partial charge on any atom is -0.368 e. The molecule has 0 aliphatic carbocycles. The Kier molecular flexibility index (Phi) is 4.08. The maximum Gasteiger partial charge on any atom is 0.341 e. The Hall–Kier alpha value is -1.99. The summed E-state index contributed by atoms with van der Waals surface area (Å²) in [5, 5.41) is 9.76. The van der Waals surface area contributed by atoms with E-state index in [1.54, 1.807) is 12.1 Å². The van der Waals surface area contributed by atoms with Crippen molar-refractivity contribution in [1.29, 1.82) is 0 Å². The molecule has 0 bridgehead atoms. The molecule has 3 rings (SSSR count). The predicted molar refractivity (Wildman–Crippen MR) is 83.8 cm³/mol. The molecule has 0 saturated carbocycles. The third-order valence-corrected chi connectivity index (χ3v) is 4.03. The van der Waals surface area contributed by atoms with Crippen molar-refractivity contribution in [3.8, 4) is 0 Å². The van der Waals surface area contributed by atoms with Gasteiger partial charge in [-0.1, -0.05) is 23.2 Å². The highest BCUT2D eigenvalue weighted by Gasteiger charge is 2.26. The van der Waals surface area contributed by atoms with Crippen LogP contribution in [-0.2, 0) is 0 Å². The Morgan fingerprint density at radius 2 is 2.23 bits per heavy atom. The van der Waals surface area contributed by atoms with Gasteiger partial charge in [-0.2, -0.15) is 0 Å². The van der Waals surface area contributed by atoms with E-state index in [1.165, 1.54) is 0 Å². The number of carbonyl (C=O) groups is 1. The Morgan fingerprint density at radius 3 is 2.91 bits per heavy atom. The van der Waals surface area contributed by atoms with E-state index in [0.29, 0.717) is 16.6 Å². The van der Waals surface area contributed by atoms with Crippen LogP contribution in [0.2, 0.25) is 10.0 Å². The van der Waals surface area contributed by atoms with E-state index >= 15 is 0 Å². The largest absolute Gasteiger partial charge is 0.368 e. The van der Waals surface area contributed by atoms with Crippen molar-refractivity contribution in [1.82, 2.24) is 20.5 Å². The molecule has 1 aliphatic heterocycles. The molecule has 116 valence electrons. The monoisotopic (exact) mass is 341 g/mol. The summed E-state index contributed by atoms with van der Waals surface area (Å²) < 4.78 is 0. The highest BCUT2D eigenvalue weighted by Crippen LogP contribution is 2.31. The van der Waals surface area contributed by atoms with E-state index < -0.39 is 11.6 Å². The average Bonchev–Trinajstić information content (AvgIpc) is 3.08. The third kappa shape index (κ3) is 3.10. The standard InChI is InChI=1S/C13H13Cl2N5O2/c14-7-1-2-10(9(15)5-7)20-4-3-8(6-20)16-12(21)11-17-13(22)19-18-11/h1-2,5,8H,3-4,6H2,(H,16,21)(H2,17,18,19,22). The van der Waals surface area contributed by atoms with Crippen LogP contribution in [0.5, 0.6) is 0 Å². The first-order chi connectivity index (χ1) is 10.5. The molecule has 1 aromatic heterocycles. The zero-order valence-electron chi connectivity index (χ0n) is 11.4. The number of benzene rings is 1. The number of nitrogens with one attached hydrogen (secondary N) is 3. The van der Waals surface area contributed by atoms with Crippen molar-refractivity contribution >= 4 is 34.8 Å². The van der Waals surface area contributed by atoms with Gasteiger partial charge >= 0.3 is 5.69 Å². The summed E-state index contributed by atoms with van der Waals surface area (Å²) in [5.74, 6) is -0.430. The second-order valence-corrected chi connectivity index (χ2v) is 5.87. The minimum absolute atomic E-state index is 0.0204. The van der Waals surface area contributed by atoms with Gasteiger partial charge in [-0.3, -0.25) is 9.78 Å². The van der Waals surface area contributed by atoms with E-state index in [0.717, 1.165) is 18.7 Å². The topological polar surface area (TPSA) is 93.9 Å². The number of aromatic nitrogens is 3. The lowest BCUT2D eigenvalue weighted by Gasteiger charge is -2.20. The molecule has 1 aromatic carbocycles. The summed E-state index contributed by atoms with van der Waals surface area (Å²) in [6, 6.07) is 5.29. The highest BCUT2D eigenvalue weighted by atomic mass is 35.5. The van der Waals surface area contributed by atoms with Gasteiger partial charge in [0, 0.05) is 24.2 Å². The first-order valence-electron chi connectivity index (χ1n) is 6.68. The molecule has 9 heteroatoms. The van der Waals surface area contributed by atoms with Crippen molar-refractivity contribution in [3.63, 3.8) is 0 Å². The first-order valence-corrected chi connectivity index (χ1v) is 7.44. The number of aromatic amines is 2. The first kappa shape index (κ1) is 14.9. The fourth-order valence-corrected chi connectivity index (χ4v) is 2.99. The summed E-state index contributed by atoms with van der Waals surface area (Å²) in [6.45, 7) is 1.39. The van der Waals surface area contributed by atoms with E-state index in [2.05, 4.69) is 25.4 Å². The summed E-state index contributed by atoms with van der Waals surface area (Å²) in [4.78, 5) is 27.3. The molecule has 22 heavy (non-hydrogen) atoms. The van der Waals surface area contributed by atoms with Gasteiger partial charge in [-0.25, -0.2) is 9.89 Å². The van der Waals surface area contributed by atoms with Crippen LogP contribution in [0, 0.1) is 0 Å². The summed E-state index contributed by atoms with van der Waals surface area (Å²) in [5.41, 5.74) is 0.377. The molecular formula is C13H13Cl2N5O2. The van der Waals surface area contributed by atoms with Crippen LogP contribution < -0.4 is 15.9 Å².